The first kappa shape index (κ1) is 21.7. The maximum atomic E-state index is 13.3. The van der Waals surface area contributed by atoms with E-state index >= 15 is 0 Å². The van der Waals surface area contributed by atoms with Gasteiger partial charge < -0.3 is 10.2 Å². The van der Waals surface area contributed by atoms with Crippen molar-refractivity contribution in [2.75, 3.05) is 6.54 Å². The molecule has 9 heteroatoms. The van der Waals surface area contributed by atoms with Crippen LogP contribution in [0.3, 0.4) is 0 Å². The number of hydrogen-bond donors (Lipinski definition) is 1. The third-order valence-corrected chi connectivity index (χ3v) is 6.54. The summed E-state index contributed by atoms with van der Waals surface area (Å²) in [5, 5.41) is 3.30. The van der Waals surface area contributed by atoms with Crippen LogP contribution >= 0.6 is 11.6 Å². The number of aromatic nitrogens is 2. The van der Waals surface area contributed by atoms with Crippen LogP contribution in [0.4, 0.5) is 8.78 Å². The first-order chi connectivity index (χ1) is 15.0. The van der Waals surface area contributed by atoms with Gasteiger partial charge in [0.25, 0.3) is 5.91 Å². The normalized spacial score (nSPS) is 23.1. The second kappa shape index (κ2) is 9.34. The van der Waals surface area contributed by atoms with Crippen LogP contribution in [-0.4, -0.2) is 44.9 Å². The lowest BCUT2D eigenvalue weighted by Crippen LogP contribution is -2.49. The van der Waals surface area contributed by atoms with Gasteiger partial charge in [0.2, 0.25) is 5.91 Å². The Kier molecular flexibility index (Phi) is 6.55. The van der Waals surface area contributed by atoms with E-state index in [1.54, 1.807) is 29.2 Å². The standard InChI is InChI=1S/C22H25ClF2N4O2/c23-16-6-3-5-15(12-16)21(31)29-17-7-2-1-4-14(17)13-18(29)20(30)27-9-8-19-26-10-11-28(19)22(24)25/h3,5-6,10-12,14,17-18,22H,1-2,4,7-9,13H2,(H,27,30). The molecule has 2 amide bonds. The van der Waals surface area contributed by atoms with Gasteiger partial charge in [-0.2, -0.15) is 8.78 Å². The molecule has 0 spiro atoms. The monoisotopic (exact) mass is 450 g/mol. The molecule has 6 nitrogen and oxygen atoms in total. The van der Waals surface area contributed by atoms with E-state index in [2.05, 4.69) is 10.3 Å². The molecule has 4 rings (SSSR count). The summed E-state index contributed by atoms with van der Waals surface area (Å²) in [6.07, 6.45) is 7.35. The average molecular weight is 451 g/mol. The summed E-state index contributed by atoms with van der Waals surface area (Å²) in [4.78, 5) is 32.0. The maximum absolute atomic E-state index is 13.3. The topological polar surface area (TPSA) is 67.2 Å². The summed E-state index contributed by atoms with van der Waals surface area (Å²) in [6.45, 7) is -2.50. The summed E-state index contributed by atoms with van der Waals surface area (Å²) in [5.41, 5.74) is 0.468. The third-order valence-electron chi connectivity index (χ3n) is 6.30. The van der Waals surface area contributed by atoms with Gasteiger partial charge in [-0.25, -0.2) is 4.98 Å². The zero-order valence-corrected chi connectivity index (χ0v) is 17.8. The summed E-state index contributed by atoms with van der Waals surface area (Å²) < 4.78 is 26.7. The van der Waals surface area contributed by atoms with Crippen molar-refractivity contribution in [2.45, 2.75) is 57.2 Å². The molecule has 3 unspecified atom stereocenters. The van der Waals surface area contributed by atoms with Crippen LogP contribution in [0.15, 0.2) is 36.7 Å². The Morgan fingerprint density at radius 2 is 2.06 bits per heavy atom. The zero-order valence-electron chi connectivity index (χ0n) is 17.0. The van der Waals surface area contributed by atoms with E-state index in [1.807, 2.05) is 0 Å². The van der Waals surface area contributed by atoms with E-state index in [0.717, 1.165) is 30.3 Å². The molecule has 2 heterocycles. The maximum Gasteiger partial charge on any atom is 0.319 e. The number of likely N-dealkylation sites (tertiary alicyclic amines) is 1. The fourth-order valence-electron chi connectivity index (χ4n) is 4.89. The van der Waals surface area contributed by atoms with Gasteiger partial charge in [-0.15, -0.1) is 0 Å². The number of nitrogens with one attached hydrogen (secondary N) is 1. The molecule has 2 aromatic rings. The van der Waals surface area contributed by atoms with Crippen molar-refractivity contribution in [3.63, 3.8) is 0 Å². The van der Waals surface area contributed by atoms with Crippen LogP contribution < -0.4 is 5.32 Å². The molecule has 1 aromatic heterocycles. The van der Waals surface area contributed by atoms with Crippen molar-refractivity contribution in [1.29, 1.82) is 0 Å². The number of halogens is 3. The fraction of sp³-hybridized carbons (Fsp3) is 0.500. The van der Waals surface area contributed by atoms with Crippen molar-refractivity contribution >= 4 is 23.4 Å². The van der Waals surface area contributed by atoms with Crippen LogP contribution in [0, 0.1) is 5.92 Å². The number of alkyl halides is 2. The lowest BCUT2D eigenvalue weighted by molar-refractivity contribution is -0.125. The smallest absolute Gasteiger partial charge is 0.319 e. The van der Waals surface area contributed by atoms with Crippen LogP contribution in [0.5, 0.6) is 0 Å². The van der Waals surface area contributed by atoms with Crippen LogP contribution in [0.2, 0.25) is 5.02 Å². The first-order valence-electron chi connectivity index (χ1n) is 10.6. The number of imidazole rings is 1. The SMILES string of the molecule is O=C(NCCc1nccn1C(F)F)C1CC2CCCCC2N1C(=O)c1cccc(Cl)c1. The zero-order chi connectivity index (χ0) is 22.0. The van der Waals surface area contributed by atoms with Gasteiger partial charge in [0.1, 0.15) is 11.9 Å². The molecule has 1 aliphatic carbocycles. The average Bonchev–Trinajstić information content (AvgIpc) is 3.38. The lowest BCUT2D eigenvalue weighted by atomic mass is 9.84. The van der Waals surface area contributed by atoms with Gasteiger partial charge in [0.15, 0.2) is 0 Å². The number of nitrogens with zero attached hydrogens (tertiary/aromatic N) is 3. The molecule has 2 aliphatic rings. The van der Waals surface area contributed by atoms with Crippen molar-refractivity contribution in [1.82, 2.24) is 19.8 Å². The largest absolute Gasteiger partial charge is 0.354 e. The molecule has 3 atom stereocenters. The predicted molar refractivity (Wildman–Crippen MR) is 112 cm³/mol. The molecule has 1 aromatic carbocycles. The Labute approximate surface area is 184 Å². The molecular formula is C22H25ClF2N4O2. The molecule has 1 saturated carbocycles. The highest BCUT2D eigenvalue weighted by Gasteiger charge is 2.47. The van der Waals surface area contributed by atoms with Crippen LogP contribution in [0.1, 0.15) is 54.8 Å². The second-order valence-corrected chi connectivity index (χ2v) is 8.59. The number of fused-ring (bicyclic) bond motifs is 1. The Bertz CT molecular complexity index is 951. The van der Waals surface area contributed by atoms with E-state index in [4.69, 9.17) is 11.6 Å². The summed E-state index contributed by atoms with van der Waals surface area (Å²) >= 11 is 6.07. The molecule has 0 bridgehead atoms. The second-order valence-electron chi connectivity index (χ2n) is 8.16. The fourth-order valence-corrected chi connectivity index (χ4v) is 5.08. The van der Waals surface area contributed by atoms with E-state index in [-0.39, 0.29) is 36.6 Å². The summed E-state index contributed by atoms with van der Waals surface area (Å²) in [5.74, 6) is 0.0674. The summed E-state index contributed by atoms with van der Waals surface area (Å²) in [7, 11) is 0. The van der Waals surface area contributed by atoms with Crippen LogP contribution in [0.25, 0.3) is 0 Å². The summed E-state index contributed by atoms with van der Waals surface area (Å²) in [6, 6.07) is 6.23. The number of rotatable bonds is 6. The molecule has 166 valence electrons. The number of amides is 2. The molecule has 1 aliphatic heterocycles. The van der Waals surface area contributed by atoms with Gasteiger partial charge in [-0.3, -0.25) is 14.2 Å². The minimum atomic E-state index is -2.67. The Hall–Kier alpha value is -2.48. The highest BCUT2D eigenvalue weighted by Crippen LogP contribution is 2.40. The minimum Gasteiger partial charge on any atom is -0.354 e. The molecule has 1 saturated heterocycles. The Morgan fingerprint density at radius 1 is 1.26 bits per heavy atom. The van der Waals surface area contributed by atoms with Gasteiger partial charge in [0, 0.05) is 42.0 Å². The van der Waals surface area contributed by atoms with E-state index in [1.165, 1.54) is 12.4 Å². The number of carbonyl (C=O) groups excluding carboxylic acids is 2. The van der Waals surface area contributed by atoms with Crippen molar-refractivity contribution in [2.24, 2.45) is 5.92 Å². The van der Waals surface area contributed by atoms with Crippen molar-refractivity contribution in [3.05, 3.63) is 53.1 Å². The molecule has 2 fully saturated rings. The van der Waals surface area contributed by atoms with E-state index in [9.17, 15) is 18.4 Å². The van der Waals surface area contributed by atoms with Gasteiger partial charge in [-0.05, 0) is 43.4 Å². The number of hydrogen-bond acceptors (Lipinski definition) is 3. The molecular weight excluding hydrogens is 426 g/mol. The van der Waals surface area contributed by atoms with Crippen molar-refractivity contribution in [3.8, 4) is 0 Å². The quantitative estimate of drug-likeness (QED) is 0.721. The molecule has 1 N–H and O–H groups in total. The highest BCUT2D eigenvalue weighted by atomic mass is 35.5. The van der Waals surface area contributed by atoms with Crippen LogP contribution in [-0.2, 0) is 11.2 Å². The molecule has 0 radical (unpaired) electrons. The molecule has 31 heavy (non-hydrogen) atoms. The van der Waals surface area contributed by atoms with E-state index < -0.39 is 12.6 Å². The van der Waals surface area contributed by atoms with E-state index in [0.29, 0.717) is 22.9 Å². The van der Waals surface area contributed by atoms with Gasteiger partial charge in [-0.1, -0.05) is 30.5 Å². The predicted octanol–water partition coefficient (Wildman–Crippen LogP) is 4.06. The van der Waals surface area contributed by atoms with Gasteiger partial charge in [0.05, 0.1) is 0 Å². The number of carbonyl (C=O) groups is 2. The minimum absolute atomic E-state index is 0.0358. The lowest BCUT2D eigenvalue weighted by Gasteiger charge is -2.33. The third kappa shape index (κ3) is 4.59. The van der Waals surface area contributed by atoms with Gasteiger partial charge >= 0.3 is 6.55 Å². The number of benzene rings is 1. The Morgan fingerprint density at radius 3 is 2.84 bits per heavy atom. The first-order valence-corrected chi connectivity index (χ1v) is 11.0. The van der Waals surface area contributed by atoms with Crippen molar-refractivity contribution < 1.29 is 18.4 Å². The highest BCUT2D eigenvalue weighted by molar-refractivity contribution is 6.31. The Balaban J connectivity index is 1.47.